The summed E-state index contributed by atoms with van der Waals surface area (Å²) in [5, 5.41) is 11.5. The molecule has 3 rings (SSSR count). The number of carbonyl (C=O) groups is 2. The lowest BCUT2D eigenvalue weighted by Crippen LogP contribution is -2.19. The van der Waals surface area contributed by atoms with Crippen molar-refractivity contribution in [3.63, 3.8) is 0 Å². The van der Waals surface area contributed by atoms with Crippen molar-refractivity contribution in [1.29, 1.82) is 0 Å². The fraction of sp³-hybridized carbons (Fsp3) is 0.200. The lowest BCUT2D eigenvalue weighted by molar-refractivity contribution is -0.113. The maximum absolute atomic E-state index is 13.2. The van der Waals surface area contributed by atoms with Crippen molar-refractivity contribution in [3.8, 4) is 5.75 Å². The first kappa shape index (κ1) is 22.6. The molecular formula is C20H19ClFN5O3S. The van der Waals surface area contributed by atoms with Gasteiger partial charge in [-0.3, -0.25) is 9.59 Å². The molecule has 1 atom stereocenters. The molecule has 3 N–H and O–H groups in total. The highest BCUT2D eigenvalue weighted by molar-refractivity contribution is 7.99. The van der Waals surface area contributed by atoms with Gasteiger partial charge in [-0.2, -0.15) is 0 Å². The Kier molecular flexibility index (Phi) is 7.13. The van der Waals surface area contributed by atoms with Gasteiger partial charge in [0.1, 0.15) is 11.6 Å². The molecule has 0 spiro atoms. The number of aromatic nitrogens is 3. The fourth-order valence-electron chi connectivity index (χ4n) is 2.74. The van der Waals surface area contributed by atoms with Gasteiger partial charge >= 0.3 is 0 Å². The third-order valence-corrected chi connectivity index (χ3v) is 5.54. The number of primary amides is 1. The number of rotatable bonds is 8. The van der Waals surface area contributed by atoms with Crippen LogP contribution in [0.25, 0.3) is 0 Å². The van der Waals surface area contributed by atoms with Crippen LogP contribution in [0.1, 0.15) is 29.2 Å². The van der Waals surface area contributed by atoms with Crippen molar-refractivity contribution in [2.75, 3.05) is 11.1 Å². The van der Waals surface area contributed by atoms with Crippen molar-refractivity contribution in [3.05, 3.63) is 64.7 Å². The van der Waals surface area contributed by atoms with E-state index >= 15 is 0 Å². The normalized spacial score (nSPS) is 11.7. The SMILES string of the molecule is CC(Oc1ccc(F)cc1Cl)c1nnc(SCC(=O)Nc2ccccc2C(N)=O)n1C. The maximum atomic E-state index is 13.2. The van der Waals surface area contributed by atoms with E-state index in [0.717, 1.165) is 6.07 Å². The molecule has 0 saturated carbocycles. The van der Waals surface area contributed by atoms with Crippen LogP contribution >= 0.6 is 23.4 Å². The van der Waals surface area contributed by atoms with Gasteiger partial charge in [0.15, 0.2) is 17.1 Å². The molecule has 0 saturated heterocycles. The summed E-state index contributed by atoms with van der Waals surface area (Å²) in [6.07, 6.45) is -0.522. The minimum absolute atomic E-state index is 0.0398. The minimum atomic E-state index is -0.628. The molecule has 2 aromatic carbocycles. The van der Waals surface area contributed by atoms with Crippen LogP contribution in [0.3, 0.4) is 0 Å². The number of nitrogens with one attached hydrogen (secondary N) is 1. The zero-order chi connectivity index (χ0) is 22.5. The molecule has 1 aromatic heterocycles. The average Bonchev–Trinajstić information content (AvgIpc) is 3.09. The number of benzene rings is 2. The van der Waals surface area contributed by atoms with Gasteiger partial charge in [-0.05, 0) is 37.3 Å². The second-order valence-corrected chi connectivity index (χ2v) is 7.83. The molecular weight excluding hydrogens is 445 g/mol. The molecule has 1 heterocycles. The quantitative estimate of drug-likeness (QED) is 0.494. The highest BCUT2D eigenvalue weighted by Gasteiger charge is 2.19. The molecule has 0 fully saturated rings. The minimum Gasteiger partial charge on any atom is -0.481 e. The van der Waals surface area contributed by atoms with Gasteiger partial charge in [0.05, 0.1) is 22.0 Å². The standard InChI is InChI=1S/C20H19ClFN5O3S/c1-11(30-16-8-7-12(22)9-14(16)21)19-25-26-20(27(19)2)31-10-17(28)24-15-6-4-3-5-13(15)18(23)29/h3-9,11H,10H2,1-2H3,(H2,23,29)(H,24,28). The number of ether oxygens (including phenoxy) is 1. The van der Waals surface area contributed by atoms with Gasteiger partial charge in [-0.1, -0.05) is 35.5 Å². The van der Waals surface area contributed by atoms with E-state index in [1.165, 1.54) is 30.0 Å². The van der Waals surface area contributed by atoms with E-state index in [0.29, 0.717) is 22.4 Å². The van der Waals surface area contributed by atoms with E-state index in [1.807, 2.05) is 0 Å². The third-order valence-electron chi connectivity index (χ3n) is 4.23. The molecule has 11 heteroatoms. The van der Waals surface area contributed by atoms with Crippen molar-refractivity contribution in [2.45, 2.75) is 18.2 Å². The van der Waals surface area contributed by atoms with Gasteiger partial charge < -0.3 is 20.4 Å². The topological polar surface area (TPSA) is 112 Å². The Balaban J connectivity index is 1.62. The fourth-order valence-corrected chi connectivity index (χ4v) is 3.67. The van der Waals surface area contributed by atoms with Crippen molar-refractivity contribution < 1.29 is 18.7 Å². The van der Waals surface area contributed by atoms with Gasteiger partial charge in [-0.25, -0.2) is 4.39 Å². The number of carbonyl (C=O) groups excluding carboxylic acids is 2. The summed E-state index contributed by atoms with van der Waals surface area (Å²) in [7, 11) is 1.74. The number of halogens is 2. The predicted molar refractivity (Wildman–Crippen MR) is 116 cm³/mol. The number of para-hydroxylation sites is 1. The van der Waals surface area contributed by atoms with E-state index in [1.54, 1.807) is 36.7 Å². The number of hydrogen-bond donors (Lipinski definition) is 2. The zero-order valence-electron chi connectivity index (χ0n) is 16.6. The molecule has 0 aliphatic rings. The Morgan fingerprint density at radius 1 is 1.29 bits per heavy atom. The van der Waals surface area contributed by atoms with Gasteiger partial charge in [0.25, 0.3) is 5.91 Å². The summed E-state index contributed by atoms with van der Waals surface area (Å²) in [5.41, 5.74) is 5.90. The molecule has 0 aliphatic carbocycles. The smallest absolute Gasteiger partial charge is 0.250 e. The van der Waals surface area contributed by atoms with Crippen molar-refractivity contribution in [2.24, 2.45) is 12.8 Å². The van der Waals surface area contributed by atoms with Crippen LogP contribution in [0.5, 0.6) is 5.75 Å². The first-order valence-electron chi connectivity index (χ1n) is 9.08. The Morgan fingerprint density at radius 3 is 2.74 bits per heavy atom. The third kappa shape index (κ3) is 5.53. The number of hydrogen-bond acceptors (Lipinski definition) is 6. The second kappa shape index (κ2) is 9.80. The van der Waals surface area contributed by atoms with Crippen LogP contribution in [0.2, 0.25) is 5.02 Å². The Morgan fingerprint density at radius 2 is 2.03 bits per heavy atom. The number of nitrogens with two attached hydrogens (primary N) is 1. The van der Waals surface area contributed by atoms with E-state index in [2.05, 4.69) is 15.5 Å². The van der Waals surface area contributed by atoms with Crippen LogP contribution in [0.15, 0.2) is 47.6 Å². The van der Waals surface area contributed by atoms with Crippen molar-refractivity contribution >= 4 is 40.9 Å². The van der Waals surface area contributed by atoms with Gasteiger partial charge in [-0.15, -0.1) is 10.2 Å². The molecule has 1 unspecified atom stereocenters. The lowest BCUT2D eigenvalue weighted by atomic mass is 10.1. The molecule has 3 aromatic rings. The highest BCUT2D eigenvalue weighted by atomic mass is 35.5. The van der Waals surface area contributed by atoms with E-state index in [-0.39, 0.29) is 22.2 Å². The monoisotopic (exact) mass is 463 g/mol. The number of amides is 2. The number of thioether (sulfide) groups is 1. The van der Waals surface area contributed by atoms with Crippen molar-refractivity contribution in [1.82, 2.24) is 14.8 Å². The lowest BCUT2D eigenvalue weighted by Gasteiger charge is -2.15. The molecule has 0 bridgehead atoms. The summed E-state index contributed by atoms with van der Waals surface area (Å²) < 4.78 is 20.7. The Hall–Kier alpha value is -3.11. The van der Waals surface area contributed by atoms with E-state index in [4.69, 9.17) is 22.1 Å². The summed E-state index contributed by atoms with van der Waals surface area (Å²) in [4.78, 5) is 23.8. The first-order valence-corrected chi connectivity index (χ1v) is 10.4. The van der Waals surface area contributed by atoms with Gasteiger partial charge in [0.2, 0.25) is 5.91 Å². The molecule has 162 valence electrons. The number of nitrogens with zero attached hydrogens (tertiary/aromatic N) is 3. The Labute approximate surface area is 186 Å². The molecule has 0 radical (unpaired) electrons. The van der Waals surface area contributed by atoms with E-state index in [9.17, 15) is 14.0 Å². The molecule has 0 aliphatic heterocycles. The molecule has 31 heavy (non-hydrogen) atoms. The zero-order valence-corrected chi connectivity index (χ0v) is 18.2. The van der Waals surface area contributed by atoms with Crippen LogP contribution in [-0.2, 0) is 11.8 Å². The summed E-state index contributed by atoms with van der Waals surface area (Å²) in [5.74, 6) is -0.554. The largest absolute Gasteiger partial charge is 0.481 e. The molecule has 8 nitrogen and oxygen atoms in total. The predicted octanol–water partition coefficient (Wildman–Crippen LogP) is 3.58. The van der Waals surface area contributed by atoms with Gasteiger partial charge in [0, 0.05) is 7.05 Å². The van der Waals surface area contributed by atoms with Crippen LogP contribution in [0, 0.1) is 5.82 Å². The summed E-state index contributed by atoms with van der Waals surface area (Å²) >= 11 is 7.17. The Bertz CT molecular complexity index is 1120. The summed E-state index contributed by atoms with van der Waals surface area (Å²) in [6, 6.07) is 10.3. The summed E-state index contributed by atoms with van der Waals surface area (Å²) in [6.45, 7) is 1.76. The number of anilines is 1. The van der Waals surface area contributed by atoms with Crippen LogP contribution < -0.4 is 15.8 Å². The highest BCUT2D eigenvalue weighted by Crippen LogP contribution is 2.30. The first-order chi connectivity index (χ1) is 14.8. The van der Waals surface area contributed by atoms with Crippen LogP contribution in [0.4, 0.5) is 10.1 Å². The van der Waals surface area contributed by atoms with Crippen LogP contribution in [-0.4, -0.2) is 32.3 Å². The molecule has 2 amide bonds. The average molecular weight is 464 g/mol. The van der Waals surface area contributed by atoms with E-state index < -0.39 is 17.8 Å². The maximum Gasteiger partial charge on any atom is 0.250 e. The second-order valence-electron chi connectivity index (χ2n) is 6.48.